The monoisotopic (exact) mass is 465 g/mol. The number of sulfonamides is 1. The summed E-state index contributed by atoms with van der Waals surface area (Å²) in [5.74, 6) is -0.0709. The van der Waals surface area contributed by atoms with Crippen LogP contribution in [-0.4, -0.2) is 99.2 Å². The predicted molar refractivity (Wildman–Crippen MR) is 121 cm³/mol. The molecule has 0 N–H and O–H groups in total. The Bertz CT molecular complexity index is 922. The largest absolute Gasteiger partial charge is 0.379 e. The van der Waals surface area contributed by atoms with Crippen molar-refractivity contribution in [2.45, 2.75) is 56.8 Å². The van der Waals surface area contributed by atoms with Crippen molar-refractivity contribution in [3.63, 3.8) is 0 Å². The third-order valence-corrected chi connectivity index (χ3v) is 8.54. The van der Waals surface area contributed by atoms with Gasteiger partial charge in [-0.05, 0) is 51.3 Å². The van der Waals surface area contributed by atoms with Crippen molar-refractivity contribution in [2.24, 2.45) is 0 Å². The minimum Gasteiger partial charge on any atom is -0.379 e. The molecule has 1 aromatic rings. The van der Waals surface area contributed by atoms with E-state index in [4.69, 9.17) is 9.47 Å². The molecule has 3 atom stereocenters. The summed E-state index contributed by atoms with van der Waals surface area (Å²) in [5, 5.41) is 0. The summed E-state index contributed by atoms with van der Waals surface area (Å²) in [4.78, 5) is 18.1. The van der Waals surface area contributed by atoms with Crippen LogP contribution in [0.4, 0.5) is 0 Å². The molecule has 1 amide bonds. The van der Waals surface area contributed by atoms with Gasteiger partial charge in [-0.25, -0.2) is 8.42 Å². The van der Waals surface area contributed by atoms with Crippen molar-refractivity contribution in [3.8, 4) is 0 Å². The molecule has 0 radical (unpaired) electrons. The summed E-state index contributed by atoms with van der Waals surface area (Å²) >= 11 is 0. The number of benzene rings is 1. The van der Waals surface area contributed by atoms with Gasteiger partial charge in [0.15, 0.2) is 0 Å². The standard InChI is InChI=1S/C23H35N3O5S/c1-17-6-7-21(32(28,29)25-9-11-30-12-10-25)13-22(17)23(27)26-8-4-5-20(26)16-24-14-18(2)31-19(3)15-24/h6-7,13,18-20H,4-5,8-12,14-16H2,1-3H3. The molecule has 8 nitrogen and oxygen atoms in total. The van der Waals surface area contributed by atoms with Gasteiger partial charge in [0.25, 0.3) is 5.91 Å². The summed E-state index contributed by atoms with van der Waals surface area (Å²) in [6.07, 6.45) is 2.31. The molecule has 3 saturated heterocycles. The molecule has 0 aromatic heterocycles. The molecule has 3 aliphatic heterocycles. The fraction of sp³-hybridized carbons (Fsp3) is 0.696. The number of nitrogens with zero attached hydrogens (tertiary/aromatic N) is 3. The van der Waals surface area contributed by atoms with Gasteiger partial charge in [0, 0.05) is 50.9 Å². The number of ether oxygens (including phenoxy) is 2. The average Bonchev–Trinajstić information content (AvgIpc) is 3.21. The summed E-state index contributed by atoms with van der Waals surface area (Å²) in [6, 6.07) is 5.06. The van der Waals surface area contributed by atoms with E-state index in [0.717, 1.165) is 38.0 Å². The van der Waals surface area contributed by atoms with E-state index in [-0.39, 0.29) is 29.1 Å². The van der Waals surface area contributed by atoms with E-state index in [1.54, 1.807) is 18.2 Å². The van der Waals surface area contributed by atoms with Crippen molar-refractivity contribution in [1.29, 1.82) is 0 Å². The highest BCUT2D eigenvalue weighted by atomic mass is 32.2. The number of carbonyl (C=O) groups excluding carboxylic acids is 1. The van der Waals surface area contributed by atoms with E-state index in [0.29, 0.717) is 38.4 Å². The molecular weight excluding hydrogens is 430 g/mol. The molecule has 4 rings (SSSR count). The first-order valence-corrected chi connectivity index (χ1v) is 13.1. The number of hydrogen-bond donors (Lipinski definition) is 0. The first-order valence-electron chi connectivity index (χ1n) is 11.6. The first kappa shape index (κ1) is 23.6. The second-order valence-electron chi connectivity index (χ2n) is 9.26. The zero-order chi connectivity index (χ0) is 22.9. The smallest absolute Gasteiger partial charge is 0.254 e. The number of aryl methyl sites for hydroxylation is 1. The van der Waals surface area contributed by atoms with Crippen LogP contribution in [0, 0.1) is 6.92 Å². The average molecular weight is 466 g/mol. The first-order chi connectivity index (χ1) is 15.3. The normalized spacial score (nSPS) is 28.2. The molecule has 3 unspecified atom stereocenters. The van der Waals surface area contributed by atoms with Crippen molar-refractivity contribution in [2.75, 3.05) is 52.5 Å². The highest BCUT2D eigenvalue weighted by Gasteiger charge is 2.34. The van der Waals surface area contributed by atoms with Crippen LogP contribution in [0.5, 0.6) is 0 Å². The number of amides is 1. The van der Waals surface area contributed by atoms with Gasteiger partial charge in [-0.15, -0.1) is 0 Å². The lowest BCUT2D eigenvalue weighted by Gasteiger charge is -2.38. The minimum absolute atomic E-state index is 0.0709. The van der Waals surface area contributed by atoms with Crippen LogP contribution in [0.2, 0.25) is 0 Å². The van der Waals surface area contributed by atoms with Crippen molar-refractivity contribution < 1.29 is 22.7 Å². The molecule has 3 fully saturated rings. The Hall–Kier alpha value is -1.52. The van der Waals surface area contributed by atoms with Gasteiger partial charge in [-0.1, -0.05) is 6.07 Å². The van der Waals surface area contributed by atoms with E-state index in [9.17, 15) is 13.2 Å². The maximum absolute atomic E-state index is 13.6. The quantitative estimate of drug-likeness (QED) is 0.659. The van der Waals surface area contributed by atoms with Gasteiger partial charge < -0.3 is 14.4 Å². The maximum atomic E-state index is 13.6. The molecule has 0 aliphatic carbocycles. The van der Waals surface area contributed by atoms with E-state index in [1.165, 1.54) is 4.31 Å². The van der Waals surface area contributed by atoms with Gasteiger partial charge in [-0.2, -0.15) is 4.31 Å². The Kier molecular flexibility index (Phi) is 7.21. The molecule has 3 heterocycles. The Morgan fingerprint density at radius 3 is 2.47 bits per heavy atom. The van der Waals surface area contributed by atoms with Gasteiger partial charge in [0.2, 0.25) is 10.0 Å². The molecule has 32 heavy (non-hydrogen) atoms. The topological polar surface area (TPSA) is 79.4 Å². The van der Waals surface area contributed by atoms with Crippen LogP contribution < -0.4 is 0 Å². The van der Waals surface area contributed by atoms with Gasteiger partial charge in [0.1, 0.15) is 0 Å². The highest BCUT2D eigenvalue weighted by Crippen LogP contribution is 2.26. The molecule has 3 aliphatic rings. The maximum Gasteiger partial charge on any atom is 0.254 e. The molecule has 178 valence electrons. The van der Waals surface area contributed by atoms with E-state index in [1.807, 2.05) is 11.8 Å². The number of carbonyl (C=O) groups is 1. The van der Waals surface area contributed by atoms with Crippen LogP contribution in [-0.2, 0) is 19.5 Å². The van der Waals surface area contributed by atoms with Crippen LogP contribution in [0.15, 0.2) is 23.1 Å². The summed E-state index contributed by atoms with van der Waals surface area (Å²) in [6.45, 7) is 10.8. The number of hydrogen-bond acceptors (Lipinski definition) is 6. The summed E-state index contributed by atoms with van der Waals surface area (Å²) in [5.41, 5.74) is 1.28. The SMILES string of the molecule is Cc1ccc(S(=O)(=O)N2CCOCC2)cc1C(=O)N1CCCC1CN1CC(C)OC(C)C1. The third-order valence-electron chi connectivity index (χ3n) is 6.65. The van der Waals surface area contributed by atoms with Crippen LogP contribution in [0.3, 0.4) is 0 Å². The van der Waals surface area contributed by atoms with E-state index >= 15 is 0 Å². The number of rotatable bonds is 5. The second kappa shape index (κ2) is 9.77. The van der Waals surface area contributed by atoms with Crippen molar-refractivity contribution in [1.82, 2.24) is 14.1 Å². The summed E-state index contributed by atoms with van der Waals surface area (Å²) < 4.78 is 38.8. The Balaban J connectivity index is 1.52. The highest BCUT2D eigenvalue weighted by molar-refractivity contribution is 7.89. The predicted octanol–water partition coefficient (Wildman–Crippen LogP) is 1.73. The lowest BCUT2D eigenvalue weighted by Crippen LogP contribution is -2.51. The molecule has 0 saturated carbocycles. The fourth-order valence-electron chi connectivity index (χ4n) is 5.11. The molecule has 1 aromatic carbocycles. The zero-order valence-corrected chi connectivity index (χ0v) is 20.1. The van der Waals surface area contributed by atoms with Crippen molar-refractivity contribution >= 4 is 15.9 Å². The fourth-order valence-corrected chi connectivity index (χ4v) is 6.54. The Labute approximate surface area is 191 Å². The lowest BCUT2D eigenvalue weighted by atomic mass is 10.1. The Morgan fingerprint density at radius 1 is 1.09 bits per heavy atom. The van der Waals surface area contributed by atoms with Gasteiger partial charge >= 0.3 is 0 Å². The summed E-state index contributed by atoms with van der Waals surface area (Å²) in [7, 11) is -3.65. The molecule has 0 spiro atoms. The van der Waals surface area contributed by atoms with Gasteiger partial charge in [0.05, 0.1) is 30.3 Å². The zero-order valence-electron chi connectivity index (χ0n) is 19.3. The van der Waals surface area contributed by atoms with Crippen molar-refractivity contribution in [3.05, 3.63) is 29.3 Å². The molecule has 9 heteroatoms. The third kappa shape index (κ3) is 5.02. The van der Waals surface area contributed by atoms with E-state index in [2.05, 4.69) is 18.7 Å². The lowest BCUT2D eigenvalue weighted by molar-refractivity contribution is -0.0715. The number of likely N-dealkylation sites (tertiary alicyclic amines) is 1. The Morgan fingerprint density at radius 2 is 1.78 bits per heavy atom. The van der Waals surface area contributed by atoms with E-state index < -0.39 is 10.0 Å². The van der Waals surface area contributed by atoms with Gasteiger partial charge in [-0.3, -0.25) is 9.69 Å². The van der Waals surface area contributed by atoms with Crippen LogP contribution >= 0.6 is 0 Å². The van der Waals surface area contributed by atoms with Crippen LogP contribution in [0.25, 0.3) is 0 Å². The van der Waals surface area contributed by atoms with Crippen LogP contribution in [0.1, 0.15) is 42.6 Å². The molecular formula is C23H35N3O5S. The number of morpholine rings is 2. The molecule has 0 bridgehead atoms. The minimum atomic E-state index is -3.65. The second-order valence-corrected chi connectivity index (χ2v) is 11.2.